The number of nitriles is 1. The first-order valence-electron chi connectivity index (χ1n) is 4.55. The fourth-order valence-corrected chi connectivity index (χ4v) is 0.979. The van der Waals surface area contributed by atoms with Crippen LogP contribution in [0, 0.1) is 29.0 Å². The Balaban J connectivity index is 2.91. The van der Waals surface area contributed by atoms with Gasteiger partial charge in [0.1, 0.15) is 11.9 Å². The van der Waals surface area contributed by atoms with E-state index in [2.05, 4.69) is 16.6 Å². The van der Waals surface area contributed by atoms with Gasteiger partial charge in [-0.2, -0.15) is 5.26 Å². The van der Waals surface area contributed by atoms with Gasteiger partial charge in [0.15, 0.2) is 0 Å². The van der Waals surface area contributed by atoms with Gasteiger partial charge < -0.3 is 4.74 Å². The molecule has 0 saturated heterocycles. The summed E-state index contributed by atoms with van der Waals surface area (Å²) in [5, 5.41) is 8.57. The van der Waals surface area contributed by atoms with Crippen LogP contribution in [-0.2, 0) is 9.53 Å². The quantitative estimate of drug-likeness (QED) is 0.530. The molecule has 0 aliphatic rings. The van der Waals surface area contributed by atoms with Crippen molar-refractivity contribution in [3.63, 3.8) is 0 Å². The van der Waals surface area contributed by atoms with Gasteiger partial charge in [-0.15, -0.1) is 0 Å². The lowest BCUT2D eigenvalue weighted by Crippen LogP contribution is -1.99. The minimum absolute atomic E-state index is 0.101. The highest BCUT2D eigenvalue weighted by molar-refractivity contribution is 5.89. The number of ether oxygens (including phenoxy) is 1. The number of esters is 1. The van der Waals surface area contributed by atoms with Crippen LogP contribution in [0.25, 0.3) is 0 Å². The Hall–Kier alpha value is -2.33. The Labute approximate surface area is 92.5 Å². The molecule has 80 valence electrons. The molecule has 0 saturated carbocycles. The molecule has 4 heteroatoms. The highest BCUT2D eigenvalue weighted by atomic mass is 19.1. The molecule has 3 nitrogen and oxygen atoms in total. The van der Waals surface area contributed by atoms with E-state index in [4.69, 9.17) is 5.26 Å². The molecule has 0 unspecified atom stereocenters. The van der Waals surface area contributed by atoms with E-state index < -0.39 is 11.8 Å². The van der Waals surface area contributed by atoms with Crippen molar-refractivity contribution in [2.45, 2.75) is 6.92 Å². The van der Waals surface area contributed by atoms with Crippen molar-refractivity contribution in [2.24, 2.45) is 0 Å². The van der Waals surface area contributed by atoms with Crippen molar-refractivity contribution >= 4 is 5.97 Å². The van der Waals surface area contributed by atoms with Crippen LogP contribution < -0.4 is 0 Å². The maximum Gasteiger partial charge on any atom is 0.384 e. The predicted molar refractivity (Wildman–Crippen MR) is 54.6 cm³/mol. The molecule has 0 bridgehead atoms. The Morgan fingerprint density at radius 3 is 2.94 bits per heavy atom. The molecule has 0 aromatic heterocycles. The van der Waals surface area contributed by atoms with Gasteiger partial charge in [0.2, 0.25) is 0 Å². The highest BCUT2D eigenvalue weighted by Crippen LogP contribution is 2.08. The standard InChI is InChI=1S/C12H8FNO2/c1-2-16-12(15)6-4-9-3-5-11(13)10(7-9)8-14/h3,5,7H,2H2,1H3. The Kier molecular flexibility index (Phi) is 4.06. The fourth-order valence-electron chi connectivity index (χ4n) is 0.979. The second-order valence-corrected chi connectivity index (χ2v) is 2.78. The third-order valence-corrected chi connectivity index (χ3v) is 1.67. The Morgan fingerprint density at radius 1 is 1.56 bits per heavy atom. The van der Waals surface area contributed by atoms with E-state index in [1.54, 1.807) is 13.0 Å². The van der Waals surface area contributed by atoms with Gasteiger partial charge in [0.05, 0.1) is 12.2 Å². The predicted octanol–water partition coefficient (Wildman–Crippen LogP) is 1.61. The lowest BCUT2D eigenvalue weighted by atomic mass is 10.1. The van der Waals surface area contributed by atoms with Gasteiger partial charge in [0, 0.05) is 11.5 Å². The van der Waals surface area contributed by atoms with E-state index in [0.29, 0.717) is 5.56 Å². The molecular formula is C12H8FNO2. The van der Waals surface area contributed by atoms with Crippen LogP contribution in [0.15, 0.2) is 18.2 Å². The Morgan fingerprint density at radius 2 is 2.31 bits per heavy atom. The molecule has 1 aromatic carbocycles. The van der Waals surface area contributed by atoms with Gasteiger partial charge in [-0.1, -0.05) is 5.92 Å². The van der Waals surface area contributed by atoms with Crippen molar-refractivity contribution in [1.29, 1.82) is 5.26 Å². The molecule has 0 fully saturated rings. The number of hydrogen-bond acceptors (Lipinski definition) is 3. The van der Waals surface area contributed by atoms with Crippen molar-refractivity contribution in [3.8, 4) is 17.9 Å². The van der Waals surface area contributed by atoms with Crippen LogP contribution in [0.1, 0.15) is 18.1 Å². The zero-order chi connectivity index (χ0) is 12.0. The van der Waals surface area contributed by atoms with E-state index in [-0.39, 0.29) is 12.2 Å². The summed E-state index contributed by atoms with van der Waals surface area (Å²) in [6, 6.07) is 5.49. The normalized spacial score (nSPS) is 8.56. The number of carbonyl (C=O) groups is 1. The van der Waals surface area contributed by atoms with E-state index in [9.17, 15) is 9.18 Å². The molecule has 0 radical (unpaired) electrons. The van der Waals surface area contributed by atoms with E-state index >= 15 is 0 Å². The summed E-state index contributed by atoms with van der Waals surface area (Å²) in [7, 11) is 0. The number of hydrogen-bond donors (Lipinski definition) is 0. The smallest absolute Gasteiger partial charge is 0.384 e. The van der Waals surface area contributed by atoms with Crippen LogP contribution in [-0.4, -0.2) is 12.6 Å². The first kappa shape index (κ1) is 11.7. The maximum absolute atomic E-state index is 12.9. The lowest BCUT2D eigenvalue weighted by Gasteiger charge is -1.94. The second-order valence-electron chi connectivity index (χ2n) is 2.78. The zero-order valence-corrected chi connectivity index (χ0v) is 8.58. The average Bonchev–Trinajstić information content (AvgIpc) is 2.28. The third-order valence-electron chi connectivity index (χ3n) is 1.67. The summed E-state index contributed by atoms with van der Waals surface area (Å²) < 4.78 is 17.5. The van der Waals surface area contributed by atoms with Crippen LogP contribution in [0.4, 0.5) is 4.39 Å². The topological polar surface area (TPSA) is 50.1 Å². The molecule has 0 heterocycles. The molecule has 0 N–H and O–H groups in total. The van der Waals surface area contributed by atoms with Gasteiger partial charge in [0.25, 0.3) is 0 Å². The number of nitrogens with zero attached hydrogens (tertiary/aromatic N) is 1. The van der Waals surface area contributed by atoms with Gasteiger partial charge in [-0.3, -0.25) is 0 Å². The maximum atomic E-state index is 12.9. The first-order chi connectivity index (χ1) is 7.67. The van der Waals surface area contributed by atoms with Crippen LogP contribution in [0.5, 0.6) is 0 Å². The second kappa shape index (κ2) is 5.53. The number of benzene rings is 1. The minimum atomic E-state index is -0.648. The molecule has 0 atom stereocenters. The molecule has 0 aliphatic carbocycles. The summed E-state index contributed by atoms with van der Waals surface area (Å²) in [5.74, 6) is 3.46. The van der Waals surface area contributed by atoms with E-state index in [0.717, 1.165) is 6.07 Å². The van der Waals surface area contributed by atoms with Gasteiger partial charge >= 0.3 is 5.97 Å². The summed E-state index contributed by atoms with van der Waals surface area (Å²) in [6.07, 6.45) is 0. The lowest BCUT2D eigenvalue weighted by molar-refractivity contribution is -0.136. The summed E-state index contributed by atoms with van der Waals surface area (Å²) in [6.45, 7) is 1.92. The SMILES string of the molecule is CCOC(=O)C#Cc1ccc(F)c(C#N)c1. The van der Waals surface area contributed by atoms with Crippen molar-refractivity contribution in [2.75, 3.05) is 6.61 Å². The summed E-state index contributed by atoms with van der Waals surface area (Å²) in [5.41, 5.74) is 0.293. The zero-order valence-electron chi connectivity index (χ0n) is 8.58. The van der Waals surface area contributed by atoms with Crippen molar-refractivity contribution in [1.82, 2.24) is 0 Å². The van der Waals surface area contributed by atoms with Gasteiger partial charge in [-0.05, 0) is 25.1 Å². The molecular weight excluding hydrogens is 209 g/mol. The van der Waals surface area contributed by atoms with E-state index in [1.807, 2.05) is 0 Å². The monoisotopic (exact) mass is 217 g/mol. The van der Waals surface area contributed by atoms with Crippen LogP contribution in [0.2, 0.25) is 0 Å². The van der Waals surface area contributed by atoms with E-state index in [1.165, 1.54) is 12.1 Å². The molecule has 16 heavy (non-hydrogen) atoms. The van der Waals surface area contributed by atoms with Crippen molar-refractivity contribution < 1.29 is 13.9 Å². The van der Waals surface area contributed by atoms with Crippen LogP contribution in [0.3, 0.4) is 0 Å². The highest BCUT2D eigenvalue weighted by Gasteiger charge is 2.01. The summed E-state index contributed by atoms with van der Waals surface area (Å²) >= 11 is 0. The molecule has 1 rings (SSSR count). The molecule has 0 amide bonds. The Bertz CT molecular complexity index is 506. The molecule has 0 spiro atoms. The number of carbonyl (C=O) groups excluding carboxylic acids is 1. The molecule has 0 aliphatic heterocycles. The van der Waals surface area contributed by atoms with Gasteiger partial charge in [-0.25, -0.2) is 9.18 Å². The first-order valence-corrected chi connectivity index (χ1v) is 4.55. The minimum Gasteiger partial charge on any atom is -0.456 e. The fraction of sp³-hybridized carbons (Fsp3) is 0.167. The van der Waals surface area contributed by atoms with Crippen LogP contribution >= 0.6 is 0 Å². The summed E-state index contributed by atoms with van der Waals surface area (Å²) in [4.78, 5) is 10.9. The number of rotatable bonds is 1. The van der Waals surface area contributed by atoms with Crippen molar-refractivity contribution in [3.05, 3.63) is 35.1 Å². The number of halogens is 1. The molecule has 1 aromatic rings. The third kappa shape index (κ3) is 3.11. The average molecular weight is 217 g/mol. The largest absolute Gasteiger partial charge is 0.456 e.